The number of benzene rings is 2. The first-order valence-corrected chi connectivity index (χ1v) is 12.6. The normalized spacial score (nSPS) is 17.5. The average Bonchev–Trinajstić information content (AvgIpc) is 3.52. The number of amides is 1. The van der Waals surface area contributed by atoms with E-state index in [4.69, 9.17) is 0 Å². The third-order valence-corrected chi connectivity index (χ3v) is 7.26. The van der Waals surface area contributed by atoms with Gasteiger partial charge in [0.25, 0.3) is 0 Å². The summed E-state index contributed by atoms with van der Waals surface area (Å²) < 4.78 is 2.26. The standard InChI is InChI=1S/C28H34N4O2/c1-2-32-24-13-7-6-12-23(24)27(28(32)22-10-4-3-5-11-22)25(33)20-29-16-18-30(19-17-29)21-26(34)31-14-8-9-15-31/h3-7,10-13H,2,8-9,14-21H2,1H3. The van der Waals surface area contributed by atoms with E-state index in [1.165, 1.54) is 0 Å². The van der Waals surface area contributed by atoms with E-state index in [9.17, 15) is 9.59 Å². The number of ketones is 1. The highest BCUT2D eigenvalue weighted by Gasteiger charge is 2.27. The fourth-order valence-corrected chi connectivity index (χ4v) is 5.46. The van der Waals surface area contributed by atoms with E-state index in [-0.39, 0.29) is 11.7 Å². The molecule has 0 atom stereocenters. The van der Waals surface area contributed by atoms with Crippen LogP contribution in [-0.2, 0) is 11.3 Å². The molecule has 0 aliphatic carbocycles. The largest absolute Gasteiger partial charge is 0.342 e. The Kier molecular flexibility index (Phi) is 6.79. The number of carbonyl (C=O) groups excluding carboxylic acids is 2. The molecular formula is C28H34N4O2. The van der Waals surface area contributed by atoms with Gasteiger partial charge in [-0.25, -0.2) is 0 Å². The molecule has 1 aromatic heterocycles. The van der Waals surface area contributed by atoms with Gasteiger partial charge in [0.1, 0.15) is 0 Å². The summed E-state index contributed by atoms with van der Waals surface area (Å²) in [6, 6.07) is 18.5. The van der Waals surface area contributed by atoms with Gasteiger partial charge in [-0.05, 0) is 31.4 Å². The molecule has 6 nitrogen and oxygen atoms in total. The van der Waals surface area contributed by atoms with Crippen LogP contribution in [0.5, 0.6) is 0 Å². The molecule has 1 amide bonds. The Morgan fingerprint density at radius 3 is 2.06 bits per heavy atom. The Bertz CT molecular complexity index is 1160. The van der Waals surface area contributed by atoms with Crippen molar-refractivity contribution < 1.29 is 9.59 Å². The monoisotopic (exact) mass is 458 g/mol. The molecule has 0 radical (unpaired) electrons. The van der Waals surface area contributed by atoms with E-state index < -0.39 is 0 Å². The van der Waals surface area contributed by atoms with Crippen molar-refractivity contribution in [1.82, 2.24) is 19.3 Å². The zero-order chi connectivity index (χ0) is 23.5. The molecule has 2 fully saturated rings. The Balaban J connectivity index is 1.32. The van der Waals surface area contributed by atoms with E-state index in [0.29, 0.717) is 13.1 Å². The molecule has 0 bridgehead atoms. The maximum atomic E-state index is 13.8. The fraction of sp³-hybridized carbons (Fsp3) is 0.429. The number of rotatable bonds is 7. The van der Waals surface area contributed by atoms with Crippen LogP contribution in [0.4, 0.5) is 0 Å². The van der Waals surface area contributed by atoms with E-state index in [0.717, 1.165) is 86.4 Å². The minimum Gasteiger partial charge on any atom is -0.342 e. The molecule has 3 heterocycles. The molecular weight excluding hydrogens is 424 g/mol. The minimum atomic E-state index is 0.170. The van der Waals surface area contributed by atoms with Gasteiger partial charge < -0.3 is 9.47 Å². The summed E-state index contributed by atoms with van der Waals surface area (Å²) in [7, 11) is 0. The third-order valence-electron chi connectivity index (χ3n) is 7.26. The highest BCUT2D eigenvalue weighted by atomic mass is 16.2. The number of hydrogen-bond acceptors (Lipinski definition) is 4. The lowest BCUT2D eigenvalue weighted by atomic mass is 10.0. The molecule has 0 unspecified atom stereocenters. The van der Waals surface area contributed by atoms with Crippen LogP contribution in [0.2, 0.25) is 0 Å². The molecule has 34 heavy (non-hydrogen) atoms. The number of aromatic nitrogens is 1. The van der Waals surface area contributed by atoms with Crippen molar-refractivity contribution in [3.05, 3.63) is 60.2 Å². The average molecular weight is 459 g/mol. The van der Waals surface area contributed by atoms with E-state index in [1.807, 2.05) is 35.2 Å². The van der Waals surface area contributed by atoms with Gasteiger partial charge in [0.05, 0.1) is 24.3 Å². The smallest absolute Gasteiger partial charge is 0.236 e. The maximum absolute atomic E-state index is 13.8. The summed E-state index contributed by atoms with van der Waals surface area (Å²) in [5.74, 6) is 0.422. The summed E-state index contributed by atoms with van der Waals surface area (Å²) >= 11 is 0. The van der Waals surface area contributed by atoms with Crippen molar-refractivity contribution in [3.8, 4) is 11.3 Å². The highest BCUT2D eigenvalue weighted by Crippen LogP contribution is 2.34. The van der Waals surface area contributed by atoms with Gasteiger partial charge >= 0.3 is 0 Å². The second-order valence-corrected chi connectivity index (χ2v) is 9.41. The summed E-state index contributed by atoms with van der Waals surface area (Å²) in [6.45, 7) is 8.94. The minimum absolute atomic E-state index is 0.170. The molecule has 0 N–H and O–H groups in total. The first kappa shape index (κ1) is 22.8. The first-order chi connectivity index (χ1) is 16.7. The predicted molar refractivity (Wildman–Crippen MR) is 136 cm³/mol. The van der Waals surface area contributed by atoms with E-state index in [2.05, 4.69) is 45.6 Å². The van der Waals surface area contributed by atoms with E-state index in [1.54, 1.807) is 0 Å². The van der Waals surface area contributed by atoms with Gasteiger partial charge in [0, 0.05) is 56.7 Å². The lowest BCUT2D eigenvalue weighted by Gasteiger charge is -2.34. The predicted octanol–water partition coefficient (Wildman–Crippen LogP) is 3.75. The van der Waals surface area contributed by atoms with Crippen molar-refractivity contribution in [2.45, 2.75) is 26.3 Å². The molecule has 2 aliphatic rings. The topological polar surface area (TPSA) is 48.8 Å². The van der Waals surface area contributed by atoms with Crippen molar-refractivity contribution >= 4 is 22.6 Å². The molecule has 0 saturated carbocycles. The number of piperazine rings is 1. The molecule has 0 spiro atoms. The number of para-hydroxylation sites is 1. The first-order valence-electron chi connectivity index (χ1n) is 12.6. The van der Waals surface area contributed by atoms with Gasteiger partial charge in [-0.1, -0.05) is 48.5 Å². The SMILES string of the molecule is CCn1c(-c2ccccc2)c(C(=O)CN2CCN(CC(=O)N3CCCC3)CC2)c2ccccc21. The summed E-state index contributed by atoms with van der Waals surface area (Å²) in [6.07, 6.45) is 2.25. The number of likely N-dealkylation sites (tertiary alicyclic amines) is 1. The maximum Gasteiger partial charge on any atom is 0.236 e. The molecule has 5 rings (SSSR count). The lowest BCUT2D eigenvalue weighted by Crippen LogP contribution is -2.50. The molecule has 3 aromatic rings. The second kappa shape index (κ2) is 10.1. The van der Waals surface area contributed by atoms with Crippen molar-refractivity contribution in [3.63, 3.8) is 0 Å². The number of carbonyl (C=O) groups is 2. The van der Waals surface area contributed by atoms with Gasteiger partial charge in [-0.2, -0.15) is 0 Å². The van der Waals surface area contributed by atoms with Gasteiger partial charge in [0.2, 0.25) is 5.91 Å². The van der Waals surface area contributed by atoms with Crippen LogP contribution in [0.1, 0.15) is 30.1 Å². The van der Waals surface area contributed by atoms with Gasteiger partial charge in [-0.15, -0.1) is 0 Å². The zero-order valence-corrected chi connectivity index (χ0v) is 20.1. The van der Waals surface area contributed by atoms with Gasteiger partial charge in [0.15, 0.2) is 5.78 Å². The summed E-state index contributed by atoms with van der Waals surface area (Å²) in [5, 5.41) is 1.03. The van der Waals surface area contributed by atoms with Crippen LogP contribution < -0.4 is 0 Å². The van der Waals surface area contributed by atoms with Crippen molar-refractivity contribution in [2.75, 3.05) is 52.4 Å². The Hall–Kier alpha value is -2.96. The van der Waals surface area contributed by atoms with Crippen LogP contribution in [0.25, 0.3) is 22.2 Å². The quantitative estimate of drug-likeness (QED) is 0.506. The lowest BCUT2D eigenvalue weighted by molar-refractivity contribution is -0.131. The third kappa shape index (κ3) is 4.52. The number of nitrogens with zero attached hydrogens (tertiary/aromatic N) is 4. The van der Waals surface area contributed by atoms with Gasteiger partial charge in [-0.3, -0.25) is 19.4 Å². The van der Waals surface area contributed by atoms with Crippen LogP contribution in [0.3, 0.4) is 0 Å². The second-order valence-electron chi connectivity index (χ2n) is 9.41. The fourth-order valence-electron chi connectivity index (χ4n) is 5.46. The van der Waals surface area contributed by atoms with Crippen LogP contribution in [0, 0.1) is 0 Å². The number of aryl methyl sites for hydroxylation is 1. The van der Waals surface area contributed by atoms with Crippen LogP contribution >= 0.6 is 0 Å². The molecule has 2 saturated heterocycles. The summed E-state index contributed by atoms with van der Waals surface area (Å²) in [5.41, 5.74) is 4.03. The Labute approximate surface area is 201 Å². The van der Waals surface area contributed by atoms with Crippen molar-refractivity contribution in [2.24, 2.45) is 0 Å². The molecule has 2 aliphatic heterocycles. The Morgan fingerprint density at radius 2 is 1.38 bits per heavy atom. The number of fused-ring (bicyclic) bond motifs is 1. The number of hydrogen-bond donors (Lipinski definition) is 0. The van der Waals surface area contributed by atoms with Crippen LogP contribution in [-0.4, -0.2) is 83.3 Å². The highest BCUT2D eigenvalue weighted by molar-refractivity contribution is 6.14. The Morgan fingerprint density at radius 1 is 0.765 bits per heavy atom. The number of Topliss-reactive ketones (excluding diaryl/α,β-unsaturated/α-hetero) is 1. The molecule has 178 valence electrons. The molecule has 2 aromatic carbocycles. The molecule has 6 heteroatoms. The zero-order valence-electron chi connectivity index (χ0n) is 20.1. The summed E-state index contributed by atoms with van der Waals surface area (Å²) in [4.78, 5) is 32.7. The van der Waals surface area contributed by atoms with E-state index >= 15 is 0 Å². The van der Waals surface area contributed by atoms with Crippen LogP contribution in [0.15, 0.2) is 54.6 Å². The van der Waals surface area contributed by atoms with Crippen molar-refractivity contribution in [1.29, 1.82) is 0 Å².